The molecule has 0 rings (SSSR count). The first-order chi connectivity index (χ1) is 5.66. The zero-order valence-corrected chi connectivity index (χ0v) is 7.25. The van der Waals surface area contributed by atoms with Gasteiger partial charge in [0, 0.05) is 13.0 Å². The average molecular weight is 173 g/mol. The lowest BCUT2D eigenvalue weighted by molar-refractivity contribution is -0.140. The van der Waals surface area contributed by atoms with Gasteiger partial charge in [-0.05, 0) is 12.8 Å². The van der Waals surface area contributed by atoms with Gasteiger partial charge in [0.25, 0.3) is 0 Å². The third kappa shape index (κ3) is 6.85. The number of carbonyl (C=O) groups is 1. The van der Waals surface area contributed by atoms with E-state index in [1.54, 1.807) is 0 Å². The van der Waals surface area contributed by atoms with E-state index in [9.17, 15) is 4.79 Å². The molecule has 12 heavy (non-hydrogen) atoms. The van der Waals surface area contributed by atoms with Crippen LogP contribution in [0.3, 0.4) is 0 Å². The smallest absolute Gasteiger partial charge is 0.305 e. The molecule has 0 amide bonds. The summed E-state index contributed by atoms with van der Waals surface area (Å²) in [6.07, 6.45) is 1.98. The lowest BCUT2D eigenvalue weighted by Gasteiger charge is -1.97. The Morgan fingerprint density at radius 2 is 2.08 bits per heavy atom. The van der Waals surface area contributed by atoms with Gasteiger partial charge < -0.3 is 16.2 Å². The van der Waals surface area contributed by atoms with Crippen molar-refractivity contribution in [3.05, 3.63) is 0 Å². The van der Waals surface area contributed by atoms with E-state index in [2.05, 4.69) is 9.73 Å². The van der Waals surface area contributed by atoms with Gasteiger partial charge >= 0.3 is 5.97 Å². The first-order valence-corrected chi connectivity index (χ1v) is 3.79. The van der Waals surface area contributed by atoms with E-state index >= 15 is 0 Å². The Bertz CT molecular complexity index is 164. The molecule has 0 aliphatic carbocycles. The van der Waals surface area contributed by atoms with Gasteiger partial charge in [-0.15, -0.1) is 0 Å². The van der Waals surface area contributed by atoms with Gasteiger partial charge in [-0.2, -0.15) is 0 Å². The number of hydrogen-bond donors (Lipinski definition) is 2. The minimum Gasteiger partial charge on any atom is -0.469 e. The van der Waals surface area contributed by atoms with Crippen molar-refractivity contribution >= 4 is 11.9 Å². The second kappa shape index (κ2) is 6.45. The van der Waals surface area contributed by atoms with Crippen LogP contribution in [0.25, 0.3) is 0 Å². The fraction of sp³-hybridized carbons (Fsp3) is 0.714. The van der Waals surface area contributed by atoms with Gasteiger partial charge in [0.1, 0.15) is 0 Å². The van der Waals surface area contributed by atoms with Crippen LogP contribution in [0.2, 0.25) is 0 Å². The van der Waals surface area contributed by atoms with Crippen LogP contribution in [0.5, 0.6) is 0 Å². The number of aliphatic imine (C=N–C) groups is 1. The van der Waals surface area contributed by atoms with Crippen LogP contribution >= 0.6 is 0 Å². The largest absolute Gasteiger partial charge is 0.469 e. The maximum absolute atomic E-state index is 10.6. The van der Waals surface area contributed by atoms with Gasteiger partial charge in [0.2, 0.25) is 0 Å². The predicted molar refractivity (Wildman–Crippen MR) is 46.5 cm³/mol. The third-order valence-corrected chi connectivity index (χ3v) is 1.31. The van der Waals surface area contributed by atoms with E-state index in [1.165, 1.54) is 7.11 Å². The molecule has 0 aliphatic heterocycles. The van der Waals surface area contributed by atoms with E-state index in [0.717, 1.165) is 12.8 Å². The minimum absolute atomic E-state index is 0.0908. The van der Waals surface area contributed by atoms with Crippen molar-refractivity contribution < 1.29 is 9.53 Å². The highest BCUT2D eigenvalue weighted by Gasteiger charge is 1.97. The van der Waals surface area contributed by atoms with Gasteiger partial charge in [-0.3, -0.25) is 9.79 Å². The maximum Gasteiger partial charge on any atom is 0.305 e. The number of unbranched alkanes of at least 4 members (excludes halogenated alkanes) is 1. The second-order valence-corrected chi connectivity index (χ2v) is 2.34. The van der Waals surface area contributed by atoms with E-state index in [0.29, 0.717) is 13.0 Å². The summed E-state index contributed by atoms with van der Waals surface area (Å²) in [6, 6.07) is 0. The molecule has 0 saturated heterocycles. The molecular formula is C7H15N3O2. The van der Waals surface area contributed by atoms with Crippen LogP contribution in [0.15, 0.2) is 4.99 Å². The molecule has 0 heterocycles. The number of esters is 1. The van der Waals surface area contributed by atoms with Crippen molar-refractivity contribution in [2.45, 2.75) is 19.3 Å². The zero-order chi connectivity index (χ0) is 9.40. The molecule has 0 atom stereocenters. The van der Waals surface area contributed by atoms with E-state index in [4.69, 9.17) is 11.5 Å². The van der Waals surface area contributed by atoms with Gasteiger partial charge in [-0.25, -0.2) is 0 Å². The predicted octanol–water partition coefficient (Wildman–Crippen LogP) is -0.397. The molecule has 5 nitrogen and oxygen atoms in total. The first-order valence-electron chi connectivity index (χ1n) is 3.79. The molecule has 0 unspecified atom stereocenters. The summed E-state index contributed by atoms with van der Waals surface area (Å²) >= 11 is 0. The summed E-state index contributed by atoms with van der Waals surface area (Å²) in [4.78, 5) is 14.4. The summed E-state index contributed by atoms with van der Waals surface area (Å²) in [7, 11) is 1.37. The van der Waals surface area contributed by atoms with Crippen LogP contribution in [0.1, 0.15) is 19.3 Å². The third-order valence-electron chi connectivity index (χ3n) is 1.31. The Kier molecular flexibility index (Phi) is 5.77. The fourth-order valence-electron chi connectivity index (χ4n) is 0.691. The molecule has 70 valence electrons. The Labute approximate surface area is 71.8 Å². The monoisotopic (exact) mass is 173 g/mol. The van der Waals surface area contributed by atoms with Gasteiger partial charge in [0.15, 0.2) is 5.96 Å². The number of ether oxygens (including phenoxy) is 1. The van der Waals surface area contributed by atoms with Crippen molar-refractivity contribution in [2.75, 3.05) is 13.7 Å². The first kappa shape index (κ1) is 10.7. The number of rotatable bonds is 5. The molecule has 4 N–H and O–H groups in total. The zero-order valence-electron chi connectivity index (χ0n) is 7.25. The standard InChI is InChI=1S/C7H15N3O2/c1-12-6(11)4-2-3-5-10-7(8)9/h2-5H2,1H3,(H4,8,9,10). The summed E-state index contributed by atoms with van der Waals surface area (Å²) in [6.45, 7) is 0.569. The Morgan fingerprint density at radius 1 is 1.42 bits per heavy atom. The van der Waals surface area contributed by atoms with Crippen LogP contribution < -0.4 is 11.5 Å². The molecule has 0 aromatic rings. The average Bonchev–Trinajstić information content (AvgIpc) is 2.03. The Hall–Kier alpha value is -1.26. The summed E-state index contributed by atoms with van der Waals surface area (Å²) < 4.78 is 4.45. The second-order valence-electron chi connectivity index (χ2n) is 2.34. The van der Waals surface area contributed by atoms with Gasteiger partial charge in [-0.1, -0.05) is 0 Å². The highest BCUT2D eigenvalue weighted by Crippen LogP contribution is 1.96. The highest BCUT2D eigenvalue weighted by atomic mass is 16.5. The number of nitrogens with zero attached hydrogens (tertiary/aromatic N) is 1. The molecule has 5 heteroatoms. The Morgan fingerprint density at radius 3 is 2.58 bits per heavy atom. The van der Waals surface area contributed by atoms with Crippen LogP contribution in [0, 0.1) is 0 Å². The normalized spacial score (nSPS) is 9.08. The fourth-order valence-corrected chi connectivity index (χ4v) is 0.691. The molecule has 0 aromatic heterocycles. The summed E-state index contributed by atoms with van der Waals surface area (Å²) in [5, 5.41) is 0. The van der Waals surface area contributed by atoms with Crippen LogP contribution in [-0.4, -0.2) is 25.6 Å². The van der Waals surface area contributed by atoms with E-state index < -0.39 is 0 Å². The van der Waals surface area contributed by atoms with Crippen LogP contribution in [-0.2, 0) is 9.53 Å². The number of carbonyl (C=O) groups excluding carboxylic acids is 1. The number of nitrogens with two attached hydrogens (primary N) is 2. The molecule has 0 aromatic carbocycles. The van der Waals surface area contributed by atoms with Gasteiger partial charge in [0.05, 0.1) is 7.11 Å². The topological polar surface area (TPSA) is 90.7 Å². The minimum atomic E-state index is -0.195. The molecule has 0 bridgehead atoms. The van der Waals surface area contributed by atoms with E-state index in [1.807, 2.05) is 0 Å². The lowest BCUT2D eigenvalue weighted by Crippen LogP contribution is -2.22. The Balaban J connectivity index is 3.22. The SMILES string of the molecule is COC(=O)CCCCN=C(N)N. The maximum atomic E-state index is 10.6. The van der Waals surface area contributed by atoms with Crippen molar-refractivity contribution in [2.24, 2.45) is 16.5 Å². The number of methoxy groups -OCH3 is 1. The lowest BCUT2D eigenvalue weighted by atomic mass is 10.2. The summed E-state index contributed by atoms with van der Waals surface area (Å²) in [5.74, 6) is -0.104. The molecule has 0 aliphatic rings. The molecular weight excluding hydrogens is 158 g/mol. The number of hydrogen-bond acceptors (Lipinski definition) is 3. The van der Waals surface area contributed by atoms with Crippen molar-refractivity contribution in [3.63, 3.8) is 0 Å². The van der Waals surface area contributed by atoms with Crippen molar-refractivity contribution in [1.82, 2.24) is 0 Å². The quantitative estimate of drug-likeness (QED) is 0.256. The molecule has 0 fully saturated rings. The molecule has 0 radical (unpaired) electrons. The van der Waals surface area contributed by atoms with Crippen LogP contribution in [0.4, 0.5) is 0 Å². The number of guanidine groups is 1. The summed E-state index contributed by atoms with van der Waals surface area (Å²) in [5.41, 5.74) is 10.2. The van der Waals surface area contributed by atoms with E-state index in [-0.39, 0.29) is 11.9 Å². The van der Waals surface area contributed by atoms with Crippen molar-refractivity contribution in [3.8, 4) is 0 Å². The highest BCUT2D eigenvalue weighted by molar-refractivity contribution is 5.75. The van der Waals surface area contributed by atoms with Crippen molar-refractivity contribution in [1.29, 1.82) is 0 Å². The molecule has 0 saturated carbocycles. The molecule has 0 spiro atoms.